The van der Waals surface area contributed by atoms with E-state index in [4.69, 9.17) is 9.47 Å². The van der Waals surface area contributed by atoms with Crippen LogP contribution in [0.1, 0.15) is 97.0 Å². The summed E-state index contributed by atoms with van der Waals surface area (Å²) >= 11 is 0. The van der Waals surface area contributed by atoms with Gasteiger partial charge < -0.3 is 9.47 Å². The Bertz CT molecular complexity index is 557. The number of ether oxygens (including phenoxy) is 2. The minimum absolute atomic E-state index is 0.187. The molecule has 0 aliphatic heterocycles. The van der Waals surface area contributed by atoms with Gasteiger partial charge in [0.2, 0.25) is 0 Å². The number of hydrogen-bond donors (Lipinski definition) is 0. The van der Waals surface area contributed by atoms with E-state index in [0.29, 0.717) is 19.4 Å². The summed E-state index contributed by atoms with van der Waals surface area (Å²) < 4.78 is 11.3. The van der Waals surface area contributed by atoms with Crippen LogP contribution in [-0.2, 0) is 25.7 Å². The van der Waals surface area contributed by atoms with Gasteiger partial charge >= 0.3 is 11.9 Å². The van der Waals surface area contributed by atoms with Gasteiger partial charge in [-0.3, -0.25) is 9.59 Å². The highest BCUT2D eigenvalue weighted by molar-refractivity contribution is 6.00. The molecule has 0 heterocycles. The van der Waals surface area contributed by atoms with Crippen LogP contribution in [0.3, 0.4) is 0 Å². The summed E-state index contributed by atoms with van der Waals surface area (Å²) in [6.07, 6.45) is 9.64. The van der Waals surface area contributed by atoms with Crippen LogP contribution in [0.2, 0.25) is 0 Å². The van der Waals surface area contributed by atoms with Crippen molar-refractivity contribution in [2.24, 2.45) is 5.41 Å². The summed E-state index contributed by atoms with van der Waals surface area (Å²) in [6.45, 7) is 6.92. The van der Waals surface area contributed by atoms with Gasteiger partial charge in [0.05, 0.1) is 6.61 Å². The van der Waals surface area contributed by atoms with Crippen molar-refractivity contribution >= 4 is 11.9 Å². The van der Waals surface area contributed by atoms with Crippen molar-refractivity contribution in [3.63, 3.8) is 0 Å². The highest BCUT2D eigenvalue weighted by Gasteiger charge is 2.47. The number of benzene rings is 1. The smallest absolute Gasteiger partial charge is 0.323 e. The Morgan fingerprint density at radius 1 is 0.724 bits per heavy atom. The molecule has 0 bridgehead atoms. The normalized spacial score (nSPS) is 11.3. The van der Waals surface area contributed by atoms with E-state index in [1.165, 1.54) is 0 Å². The summed E-state index contributed by atoms with van der Waals surface area (Å²) in [6, 6.07) is 9.61. The lowest BCUT2D eigenvalue weighted by Gasteiger charge is -2.29. The fourth-order valence-corrected chi connectivity index (χ4v) is 3.49. The van der Waals surface area contributed by atoms with E-state index in [-0.39, 0.29) is 12.6 Å². The van der Waals surface area contributed by atoms with Crippen molar-refractivity contribution in [2.45, 2.75) is 98.0 Å². The first-order valence-electron chi connectivity index (χ1n) is 11.5. The van der Waals surface area contributed by atoms with Gasteiger partial charge in [0.15, 0.2) is 5.41 Å². The van der Waals surface area contributed by atoms with Crippen LogP contribution >= 0.6 is 0 Å². The first kappa shape index (κ1) is 25.2. The van der Waals surface area contributed by atoms with Crippen molar-refractivity contribution in [3.05, 3.63) is 35.9 Å². The molecule has 0 saturated carbocycles. The molecule has 0 radical (unpaired) electrons. The van der Waals surface area contributed by atoms with E-state index in [9.17, 15) is 9.59 Å². The van der Waals surface area contributed by atoms with E-state index in [0.717, 1.165) is 63.4 Å². The molecule has 0 saturated heterocycles. The third-order valence-electron chi connectivity index (χ3n) is 5.39. The van der Waals surface area contributed by atoms with Crippen LogP contribution in [0.4, 0.5) is 0 Å². The minimum Gasteiger partial charge on any atom is -0.465 e. The Balaban J connectivity index is 2.94. The lowest BCUT2D eigenvalue weighted by atomic mass is 9.77. The van der Waals surface area contributed by atoms with Crippen LogP contribution < -0.4 is 0 Å². The molecule has 0 aliphatic rings. The SMILES string of the molecule is CCCCCOC(=O)C(CCCCC)(CCCCC)C(=O)OCc1ccccc1. The summed E-state index contributed by atoms with van der Waals surface area (Å²) in [5, 5.41) is 0. The summed E-state index contributed by atoms with van der Waals surface area (Å²) in [5.74, 6) is -0.812. The molecule has 0 spiro atoms. The maximum atomic E-state index is 13.2. The Labute approximate surface area is 177 Å². The first-order valence-corrected chi connectivity index (χ1v) is 11.5. The fourth-order valence-electron chi connectivity index (χ4n) is 3.49. The third kappa shape index (κ3) is 9.01. The van der Waals surface area contributed by atoms with Gasteiger partial charge in [-0.2, -0.15) is 0 Å². The van der Waals surface area contributed by atoms with Crippen molar-refractivity contribution in [1.82, 2.24) is 0 Å². The molecule has 1 rings (SSSR count). The molecular formula is C25H40O4. The van der Waals surface area contributed by atoms with Gasteiger partial charge in [-0.15, -0.1) is 0 Å². The Hall–Kier alpha value is -1.84. The maximum Gasteiger partial charge on any atom is 0.323 e. The number of esters is 2. The molecule has 0 aromatic heterocycles. The molecule has 0 atom stereocenters. The van der Waals surface area contributed by atoms with Crippen LogP contribution in [0.5, 0.6) is 0 Å². The second kappa shape index (κ2) is 15.1. The van der Waals surface area contributed by atoms with Crippen molar-refractivity contribution in [2.75, 3.05) is 6.61 Å². The van der Waals surface area contributed by atoms with E-state index >= 15 is 0 Å². The van der Waals surface area contributed by atoms with E-state index in [2.05, 4.69) is 20.8 Å². The zero-order valence-electron chi connectivity index (χ0n) is 18.7. The summed E-state index contributed by atoms with van der Waals surface area (Å²) in [7, 11) is 0. The topological polar surface area (TPSA) is 52.6 Å². The monoisotopic (exact) mass is 404 g/mol. The van der Waals surface area contributed by atoms with Crippen LogP contribution in [0.25, 0.3) is 0 Å². The Morgan fingerprint density at radius 2 is 1.24 bits per heavy atom. The number of rotatable bonds is 16. The fraction of sp³-hybridized carbons (Fsp3) is 0.680. The highest BCUT2D eigenvalue weighted by atomic mass is 16.6. The molecule has 4 heteroatoms. The van der Waals surface area contributed by atoms with Gasteiger partial charge in [0.25, 0.3) is 0 Å². The molecule has 0 fully saturated rings. The highest BCUT2D eigenvalue weighted by Crippen LogP contribution is 2.35. The van der Waals surface area contributed by atoms with Gasteiger partial charge in [-0.25, -0.2) is 0 Å². The largest absolute Gasteiger partial charge is 0.465 e. The average molecular weight is 405 g/mol. The van der Waals surface area contributed by atoms with E-state index in [1.54, 1.807) is 0 Å². The lowest BCUT2D eigenvalue weighted by Crippen LogP contribution is -2.42. The second-order valence-corrected chi connectivity index (χ2v) is 7.90. The van der Waals surface area contributed by atoms with Crippen LogP contribution in [-0.4, -0.2) is 18.5 Å². The van der Waals surface area contributed by atoms with Gasteiger partial charge in [0, 0.05) is 0 Å². The molecule has 1 aromatic carbocycles. The first-order chi connectivity index (χ1) is 14.1. The molecule has 0 aliphatic carbocycles. The number of unbranched alkanes of at least 4 members (excludes halogenated alkanes) is 6. The Morgan fingerprint density at radius 3 is 1.79 bits per heavy atom. The Kier molecular flexibility index (Phi) is 13.1. The van der Waals surface area contributed by atoms with Crippen molar-refractivity contribution < 1.29 is 19.1 Å². The molecule has 164 valence electrons. The zero-order chi connectivity index (χ0) is 21.4. The molecule has 29 heavy (non-hydrogen) atoms. The van der Waals surface area contributed by atoms with E-state index < -0.39 is 11.4 Å². The van der Waals surface area contributed by atoms with Gasteiger partial charge in [0.1, 0.15) is 6.61 Å². The molecule has 0 unspecified atom stereocenters. The molecule has 1 aromatic rings. The molecule has 0 N–H and O–H groups in total. The van der Waals surface area contributed by atoms with Crippen LogP contribution in [0, 0.1) is 5.41 Å². The summed E-state index contributed by atoms with van der Waals surface area (Å²) in [5.41, 5.74) is -0.251. The molecular weight excluding hydrogens is 364 g/mol. The van der Waals surface area contributed by atoms with Crippen LogP contribution in [0.15, 0.2) is 30.3 Å². The third-order valence-corrected chi connectivity index (χ3v) is 5.39. The van der Waals surface area contributed by atoms with Crippen molar-refractivity contribution in [1.29, 1.82) is 0 Å². The quantitative estimate of drug-likeness (QED) is 0.177. The minimum atomic E-state index is -1.18. The predicted octanol–water partition coefficient (Wildman–Crippen LogP) is 6.61. The molecule has 4 nitrogen and oxygen atoms in total. The zero-order valence-corrected chi connectivity index (χ0v) is 18.7. The van der Waals surface area contributed by atoms with E-state index in [1.807, 2.05) is 30.3 Å². The maximum absolute atomic E-state index is 13.2. The van der Waals surface area contributed by atoms with Gasteiger partial charge in [-0.05, 0) is 24.8 Å². The number of hydrogen-bond acceptors (Lipinski definition) is 4. The second-order valence-electron chi connectivity index (χ2n) is 7.90. The predicted molar refractivity (Wildman–Crippen MR) is 117 cm³/mol. The van der Waals surface area contributed by atoms with Gasteiger partial charge in [-0.1, -0.05) is 102 Å². The summed E-state index contributed by atoms with van der Waals surface area (Å²) in [4.78, 5) is 26.4. The molecule has 0 amide bonds. The number of carbonyl (C=O) groups is 2. The number of carbonyl (C=O) groups excluding carboxylic acids is 2. The standard InChI is InChI=1S/C25H40O4/c1-4-7-13-18-25(19-14-8-5-2,23(26)28-20-15-9-6-3)24(27)29-21-22-16-11-10-12-17-22/h10-12,16-17H,4-9,13-15,18-21H2,1-3H3. The average Bonchev–Trinajstić information content (AvgIpc) is 2.74. The lowest BCUT2D eigenvalue weighted by molar-refractivity contribution is -0.175. The van der Waals surface area contributed by atoms with Crippen molar-refractivity contribution in [3.8, 4) is 0 Å².